The van der Waals surface area contributed by atoms with Crippen LogP contribution in [-0.4, -0.2) is 10.1 Å². The molecule has 4 nitrogen and oxygen atoms in total. The summed E-state index contributed by atoms with van der Waals surface area (Å²) in [5, 5.41) is 3.85. The van der Waals surface area contributed by atoms with Crippen molar-refractivity contribution in [3.05, 3.63) is 34.9 Å². The number of benzene rings is 1. The molecule has 0 amide bonds. The fraction of sp³-hybridized carbons (Fsp3) is 0.333. The fourth-order valence-corrected chi connectivity index (χ4v) is 1.54. The topological polar surface area (TPSA) is 64.9 Å². The first kappa shape index (κ1) is 13.0. The number of hydrogen-bond acceptors (Lipinski definition) is 4. The predicted octanol–water partition coefficient (Wildman–Crippen LogP) is 3.11. The Morgan fingerprint density at radius 2 is 2.22 bits per heavy atom. The van der Waals surface area contributed by atoms with E-state index in [0.29, 0.717) is 17.8 Å². The zero-order chi connectivity index (χ0) is 13.3. The normalized spacial score (nSPS) is 14.5. The third-order valence-corrected chi connectivity index (χ3v) is 3.13. The molecule has 2 aromatic rings. The van der Waals surface area contributed by atoms with Gasteiger partial charge in [0.15, 0.2) is 5.82 Å². The Kier molecular flexibility index (Phi) is 3.36. The summed E-state index contributed by atoms with van der Waals surface area (Å²) in [4.78, 5) is 4.21. The van der Waals surface area contributed by atoms with Crippen molar-refractivity contribution in [1.29, 1.82) is 0 Å². The van der Waals surface area contributed by atoms with Gasteiger partial charge in [-0.25, -0.2) is 4.39 Å². The molecule has 1 aromatic carbocycles. The van der Waals surface area contributed by atoms with Gasteiger partial charge in [-0.1, -0.05) is 23.7 Å². The van der Waals surface area contributed by atoms with Crippen LogP contribution in [0.4, 0.5) is 4.39 Å². The second-order valence-electron chi connectivity index (χ2n) is 4.32. The van der Waals surface area contributed by atoms with Gasteiger partial charge in [0.05, 0.1) is 10.6 Å². The molecule has 0 aliphatic carbocycles. The standard InChI is InChI=1S/C12H13ClFN3O/c1-3-12(2,15)11-16-10(18-17-11)7-4-5-9(14)8(13)6-7/h4-6H,3,15H2,1-2H3. The molecule has 96 valence electrons. The van der Waals surface area contributed by atoms with E-state index < -0.39 is 11.4 Å². The second-order valence-corrected chi connectivity index (χ2v) is 4.73. The van der Waals surface area contributed by atoms with E-state index in [1.165, 1.54) is 18.2 Å². The van der Waals surface area contributed by atoms with Gasteiger partial charge in [0, 0.05) is 5.56 Å². The monoisotopic (exact) mass is 269 g/mol. The number of halogens is 2. The minimum absolute atomic E-state index is 0.0123. The van der Waals surface area contributed by atoms with Crippen LogP contribution in [-0.2, 0) is 5.54 Å². The van der Waals surface area contributed by atoms with Gasteiger partial charge in [-0.05, 0) is 31.5 Å². The summed E-state index contributed by atoms with van der Waals surface area (Å²) in [6.07, 6.45) is 0.677. The van der Waals surface area contributed by atoms with Gasteiger partial charge in [-0.3, -0.25) is 0 Å². The molecular weight excluding hydrogens is 257 g/mol. The van der Waals surface area contributed by atoms with E-state index in [1.807, 2.05) is 13.8 Å². The molecule has 0 spiro atoms. The Morgan fingerprint density at radius 3 is 2.83 bits per heavy atom. The molecule has 1 heterocycles. The summed E-state index contributed by atoms with van der Waals surface area (Å²) in [6, 6.07) is 4.22. The lowest BCUT2D eigenvalue weighted by atomic mass is 10.00. The average Bonchev–Trinajstić information content (AvgIpc) is 2.83. The molecule has 0 aliphatic rings. The Labute approximate surface area is 109 Å². The van der Waals surface area contributed by atoms with Gasteiger partial charge >= 0.3 is 0 Å². The van der Waals surface area contributed by atoms with Crippen LogP contribution in [0.25, 0.3) is 11.5 Å². The van der Waals surface area contributed by atoms with Crippen molar-refractivity contribution in [3.8, 4) is 11.5 Å². The highest BCUT2D eigenvalue weighted by Gasteiger charge is 2.25. The first-order valence-electron chi connectivity index (χ1n) is 5.52. The average molecular weight is 270 g/mol. The summed E-state index contributed by atoms with van der Waals surface area (Å²) < 4.78 is 18.2. The SMILES string of the molecule is CCC(C)(N)c1noc(-c2ccc(F)c(Cl)c2)n1. The van der Waals surface area contributed by atoms with Gasteiger partial charge in [-0.15, -0.1) is 0 Å². The highest BCUT2D eigenvalue weighted by atomic mass is 35.5. The fourth-order valence-electron chi connectivity index (χ4n) is 1.36. The van der Waals surface area contributed by atoms with Crippen LogP contribution in [0.15, 0.2) is 22.7 Å². The molecule has 18 heavy (non-hydrogen) atoms. The number of aromatic nitrogens is 2. The maximum absolute atomic E-state index is 13.0. The molecule has 1 atom stereocenters. The third kappa shape index (κ3) is 2.37. The summed E-state index contributed by atoms with van der Waals surface area (Å²) >= 11 is 5.70. The molecular formula is C12H13ClFN3O. The van der Waals surface area contributed by atoms with E-state index >= 15 is 0 Å². The van der Waals surface area contributed by atoms with Crippen molar-refractivity contribution < 1.29 is 8.91 Å². The Morgan fingerprint density at radius 1 is 1.50 bits per heavy atom. The van der Waals surface area contributed by atoms with Crippen molar-refractivity contribution in [2.45, 2.75) is 25.8 Å². The van der Waals surface area contributed by atoms with Crippen molar-refractivity contribution in [1.82, 2.24) is 10.1 Å². The summed E-state index contributed by atoms with van der Waals surface area (Å²) in [5.41, 5.74) is 5.93. The van der Waals surface area contributed by atoms with E-state index in [1.54, 1.807) is 0 Å². The van der Waals surface area contributed by atoms with Crippen LogP contribution in [0, 0.1) is 5.82 Å². The number of nitrogens with zero attached hydrogens (tertiary/aromatic N) is 2. The van der Waals surface area contributed by atoms with Crippen LogP contribution in [0.1, 0.15) is 26.1 Å². The van der Waals surface area contributed by atoms with Crippen molar-refractivity contribution in [3.63, 3.8) is 0 Å². The van der Waals surface area contributed by atoms with Crippen LogP contribution in [0.3, 0.4) is 0 Å². The third-order valence-electron chi connectivity index (χ3n) is 2.84. The maximum Gasteiger partial charge on any atom is 0.258 e. The zero-order valence-electron chi connectivity index (χ0n) is 10.1. The minimum atomic E-state index is -0.647. The Balaban J connectivity index is 2.38. The lowest BCUT2D eigenvalue weighted by Gasteiger charge is -2.16. The molecule has 0 aliphatic heterocycles. The van der Waals surface area contributed by atoms with Crippen LogP contribution in [0.2, 0.25) is 5.02 Å². The first-order valence-corrected chi connectivity index (χ1v) is 5.90. The zero-order valence-corrected chi connectivity index (χ0v) is 10.8. The van der Waals surface area contributed by atoms with Gasteiger partial charge in [-0.2, -0.15) is 4.98 Å². The van der Waals surface area contributed by atoms with E-state index in [-0.39, 0.29) is 10.9 Å². The number of rotatable bonds is 3. The number of hydrogen-bond donors (Lipinski definition) is 1. The van der Waals surface area contributed by atoms with E-state index in [2.05, 4.69) is 10.1 Å². The minimum Gasteiger partial charge on any atom is -0.334 e. The highest BCUT2D eigenvalue weighted by Crippen LogP contribution is 2.26. The molecule has 0 saturated heterocycles. The molecule has 0 bridgehead atoms. The summed E-state index contributed by atoms with van der Waals surface area (Å²) in [7, 11) is 0. The molecule has 2 rings (SSSR count). The van der Waals surface area contributed by atoms with Crippen LogP contribution >= 0.6 is 11.6 Å². The van der Waals surface area contributed by atoms with Crippen molar-refractivity contribution in [2.75, 3.05) is 0 Å². The molecule has 0 saturated carbocycles. The lowest BCUT2D eigenvalue weighted by Crippen LogP contribution is -2.33. The lowest BCUT2D eigenvalue weighted by molar-refractivity contribution is 0.379. The van der Waals surface area contributed by atoms with Crippen molar-refractivity contribution in [2.24, 2.45) is 5.73 Å². The van der Waals surface area contributed by atoms with Gasteiger partial charge in [0.2, 0.25) is 0 Å². The van der Waals surface area contributed by atoms with E-state index in [4.69, 9.17) is 21.9 Å². The largest absolute Gasteiger partial charge is 0.334 e. The smallest absolute Gasteiger partial charge is 0.258 e. The first-order chi connectivity index (χ1) is 8.44. The molecule has 2 N–H and O–H groups in total. The molecule has 0 fully saturated rings. The molecule has 0 radical (unpaired) electrons. The maximum atomic E-state index is 13.0. The van der Waals surface area contributed by atoms with Gasteiger partial charge in [0.1, 0.15) is 5.82 Å². The number of nitrogens with two attached hydrogens (primary N) is 1. The van der Waals surface area contributed by atoms with Gasteiger partial charge < -0.3 is 10.3 Å². The predicted molar refractivity (Wildman–Crippen MR) is 66.5 cm³/mol. The summed E-state index contributed by atoms with van der Waals surface area (Å²) in [6.45, 7) is 3.75. The second kappa shape index (κ2) is 4.66. The van der Waals surface area contributed by atoms with Gasteiger partial charge in [0.25, 0.3) is 5.89 Å². The van der Waals surface area contributed by atoms with Crippen LogP contribution in [0.5, 0.6) is 0 Å². The quantitative estimate of drug-likeness (QED) is 0.930. The molecule has 1 unspecified atom stereocenters. The Hall–Kier alpha value is -1.46. The van der Waals surface area contributed by atoms with E-state index in [0.717, 1.165) is 0 Å². The van der Waals surface area contributed by atoms with Crippen LogP contribution < -0.4 is 5.73 Å². The summed E-state index contributed by atoms with van der Waals surface area (Å²) in [5.74, 6) is 0.204. The highest BCUT2D eigenvalue weighted by molar-refractivity contribution is 6.31. The Bertz CT molecular complexity index is 568. The molecule has 1 aromatic heterocycles. The van der Waals surface area contributed by atoms with E-state index in [9.17, 15) is 4.39 Å². The molecule has 6 heteroatoms. The van der Waals surface area contributed by atoms with Crippen molar-refractivity contribution >= 4 is 11.6 Å².